The number of hydrogen-bond donors (Lipinski definition) is 1. The van der Waals surface area contributed by atoms with Gasteiger partial charge in [0, 0.05) is 17.8 Å². The van der Waals surface area contributed by atoms with Gasteiger partial charge in [-0.2, -0.15) is 0 Å². The molecule has 1 saturated heterocycles. The highest BCUT2D eigenvalue weighted by Crippen LogP contribution is 2.32. The summed E-state index contributed by atoms with van der Waals surface area (Å²) in [4.78, 5) is 28.8. The van der Waals surface area contributed by atoms with E-state index in [-0.39, 0.29) is 48.5 Å². The second-order valence-corrected chi connectivity index (χ2v) is 10.8. The largest absolute Gasteiger partial charge is 0.335 e. The average molecular weight is 422 g/mol. The van der Waals surface area contributed by atoms with Crippen LogP contribution in [0.3, 0.4) is 0 Å². The number of aryl methyl sites for hydroxylation is 3. The van der Waals surface area contributed by atoms with Crippen LogP contribution >= 0.6 is 0 Å². The van der Waals surface area contributed by atoms with Crippen LogP contribution in [-0.4, -0.2) is 73.8 Å². The van der Waals surface area contributed by atoms with Crippen molar-refractivity contribution in [3.05, 3.63) is 28.8 Å². The van der Waals surface area contributed by atoms with Gasteiger partial charge < -0.3 is 10.2 Å². The molecule has 1 atom stereocenters. The van der Waals surface area contributed by atoms with Crippen LogP contribution < -0.4 is 5.32 Å². The maximum atomic E-state index is 12.9. The predicted molar refractivity (Wildman–Crippen MR) is 114 cm³/mol. The standard InChI is InChI=1S/C21H31N3O4S/c1-14-9-15(2)21(16(3)10-14)22-19(25)11-23(4)12-20(26)24(17-5-6-17)18-7-8-29(27,28)13-18/h9-10,17-18H,5-8,11-13H2,1-4H3,(H,22,25)/t18-/m1/s1. The predicted octanol–water partition coefficient (Wildman–Crippen LogP) is 1.66. The van der Waals surface area contributed by atoms with E-state index in [1.807, 2.05) is 32.9 Å². The molecule has 7 nitrogen and oxygen atoms in total. The molecule has 1 aliphatic carbocycles. The van der Waals surface area contributed by atoms with E-state index in [0.717, 1.165) is 35.2 Å². The highest BCUT2D eigenvalue weighted by Gasteiger charge is 2.42. The number of anilines is 1. The Morgan fingerprint density at radius 2 is 1.66 bits per heavy atom. The second-order valence-electron chi connectivity index (χ2n) is 8.58. The molecule has 2 amide bonds. The van der Waals surface area contributed by atoms with E-state index in [1.165, 1.54) is 0 Å². The van der Waals surface area contributed by atoms with E-state index in [2.05, 4.69) is 5.32 Å². The summed E-state index contributed by atoms with van der Waals surface area (Å²) in [7, 11) is -1.31. The molecule has 2 aliphatic rings. The smallest absolute Gasteiger partial charge is 0.238 e. The first-order valence-corrected chi connectivity index (χ1v) is 12.0. The number of hydrogen-bond acceptors (Lipinski definition) is 5. The number of carbonyl (C=O) groups is 2. The number of nitrogens with zero attached hydrogens (tertiary/aromatic N) is 2. The van der Waals surface area contributed by atoms with Gasteiger partial charge in [-0.1, -0.05) is 17.7 Å². The molecule has 1 heterocycles. The molecular weight excluding hydrogens is 390 g/mol. The molecule has 1 saturated carbocycles. The number of rotatable bonds is 7. The highest BCUT2D eigenvalue weighted by atomic mass is 32.2. The van der Waals surface area contributed by atoms with Gasteiger partial charge in [0.15, 0.2) is 9.84 Å². The topological polar surface area (TPSA) is 86.8 Å². The summed E-state index contributed by atoms with van der Waals surface area (Å²) in [5.74, 6) is -0.0445. The van der Waals surface area contributed by atoms with Gasteiger partial charge in [0.25, 0.3) is 0 Å². The Kier molecular flexibility index (Phi) is 6.33. The van der Waals surface area contributed by atoms with Gasteiger partial charge >= 0.3 is 0 Å². The summed E-state index contributed by atoms with van der Waals surface area (Å²) in [6.07, 6.45) is 2.37. The van der Waals surface area contributed by atoms with Crippen LogP contribution in [0.2, 0.25) is 0 Å². The van der Waals surface area contributed by atoms with Crippen molar-refractivity contribution >= 4 is 27.3 Å². The summed E-state index contributed by atoms with van der Waals surface area (Å²) in [5, 5.41) is 2.96. The zero-order valence-corrected chi connectivity index (χ0v) is 18.5. The van der Waals surface area contributed by atoms with Gasteiger partial charge in [-0.15, -0.1) is 0 Å². The molecule has 8 heteroatoms. The van der Waals surface area contributed by atoms with Crippen molar-refractivity contribution in [2.75, 3.05) is 37.0 Å². The molecule has 1 aromatic rings. The van der Waals surface area contributed by atoms with Crippen molar-refractivity contribution in [3.8, 4) is 0 Å². The minimum Gasteiger partial charge on any atom is -0.335 e. The molecule has 2 fully saturated rings. The number of carbonyl (C=O) groups excluding carboxylic acids is 2. The lowest BCUT2D eigenvalue weighted by atomic mass is 10.1. The molecule has 3 rings (SSSR count). The Bertz CT molecular complexity index is 885. The first-order chi connectivity index (χ1) is 13.6. The molecule has 0 radical (unpaired) electrons. The first kappa shape index (κ1) is 21.8. The van der Waals surface area contributed by atoms with Gasteiger partial charge in [0.1, 0.15) is 0 Å². The lowest BCUT2D eigenvalue weighted by Gasteiger charge is -2.30. The van der Waals surface area contributed by atoms with E-state index in [9.17, 15) is 18.0 Å². The van der Waals surface area contributed by atoms with Crippen molar-refractivity contribution in [1.29, 1.82) is 0 Å². The van der Waals surface area contributed by atoms with E-state index in [0.29, 0.717) is 6.42 Å². The molecule has 160 valence electrons. The average Bonchev–Trinajstić information content (AvgIpc) is 3.34. The fourth-order valence-electron chi connectivity index (χ4n) is 4.22. The number of likely N-dealkylation sites (N-methyl/N-ethyl adjacent to an activating group) is 1. The Hall–Kier alpha value is -1.93. The molecule has 1 aliphatic heterocycles. The third-order valence-corrected chi connectivity index (χ3v) is 7.34. The normalized spacial score (nSPS) is 20.7. The maximum Gasteiger partial charge on any atom is 0.238 e. The van der Waals surface area contributed by atoms with Gasteiger partial charge in [-0.3, -0.25) is 14.5 Å². The van der Waals surface area contributed by atoms with Crippen molar-refractivity contribution in [2.24, 2.45) is 0 Å². The van der Waals surface area contributed by atoms with Crippen LogP contribution in [-0.2, 0) is 19.4 Å². The monoisotopic (exact) mass is 421 g/mol. The Morgan fingerprint density at radius 1 is 1.03 bits per heavy atom. The van der Waals surface area contributed by atoms with Gasteiger partial charge in [-0.25, -0.2) is 8.42 Å². The van der Waals surface area contributed by atoms with Gasteiger partial charge in [0.05, 0.1) is 24.6 Å². The zero-order valence-electron chi connectivity index (χ0n) is 17.7. The molecule has 0 aromatic heterocycles. The minimum atomic E-state index is -3.04. The van der Waals surface area contributed by atoms with Gasteiger partial charge in [0.2, 0.25) is 11.8 Å². The summed E-state index contributed by atoms with van der Waals surface area (Å²) >= 11 is 0. The Labute approximate surface area is 173 Å². The molecule has 0 spiro atoms. The second kappa shape index (κ2) is 8.44. The summed E-state index contributed by atoms with van der Waals surface area (Å²) < 4.78 is 23.7. The molecule has 0 bridgehead atoms. The lowest BCUT2D eigenvalue weighted by Crippen LogP contribution is -2.47. The third kappa shape index (κ3) is 5.57. The fourth-order valence-corrected chi connectivity index (χ4v) is 5.93. The van der Waals surface area contributed by atoms with Crippen molar-refractivity contribution in [2.45, 2.75) is 52.1 Å². The molecule has 1 aromatic carbocycles. The van der Waals surface area contributed by atoms with E-state index < -0.39 is 9.84 Å². The number of benzene rings is 1. The summed E-state index contributed by atoms with van der Waals surface area (Å²) in [6, 6.07) is 3.99. The van der Waals surface area contributed by atoms with Crippen LogP contribution in [0.25, 0.3) is 0 Å². The number of amides is 2. The fraction of sp³-hybridized carbons (Fsp3) is 0.619. The van der Waals surface area contributed by atoms with Crippen molar-refractivity contribution < 1.29 is 18.0 Å². The molecular formula is C21H31N3O4S. The summed E-state index contributed by atoms with van der Waals surface area (Å²) in [5.41, 5.74) is 3.99. The number of sulfone groups is 1. The molecule has 1 N–H and O–H groups in total. The van der Waals surface area contributed by atoms with Crippen molar-refractivity contribution in [1.82, 2.24) is 9.80 Å². The maximum absolute atomic E-state index is 12.9. The lowest BCUT2D eigenvalue weighted by molar-refractivity contribution is -0.134. The first-order valence-electron chi connectivity index (χ1n) is 10.1. The van der Waals surface area contributed by atoms with E-state index >= 15 is 0 Å². The van der Waals surface area contributed by atoms with Crippen LogP contribution in [0, 0.1) is 20.8 Å². The van der Waals surface area contributed by atoms with E-state index in [1.54, 1.807) is 16.8 Å². The number of nitrogens with one attached hydrogen (secondary N) is 1. The quantitative estimate of drug-likeness (QED) is 0.724. The Balaban J connectivity index is 1.57. The SMILES string of the molecule is Cc1cc(C)c(NC(=O)CN(C)CC(=O)N(C2CC2)[C@@H]2CCS(=O)(=O)C2)c(C)c1. The highest BCUT2D eigenvalue weighted by molar-refractivity contribution is 7.91. The van der Waals surface area contributed by atoms with Crippen LogP contribution in [0.4, 0.5) is 5.69 Å². The molecule has 0 unspecified atom stereocenters. The Morgan fingerprint density at radius 3 is 2.17 bits per heavy atom. The van der Waals surface area contributed by atoms with E-state index in [4.69, 9.17) is 0 Å². The minimum absolute atomic E-state index is 0.0609. The van der Waals surface area contributed by atoms with Crippen LogP contribution in [0.5, 0.6) is 0 Å². The van der Waals surface area contributed by atoms with Crippen LogP contribution in [0.1, 0.15) is 36.0 Å². The zero-order chi connectivity index (χ0) is 21.3. The summed E-state index contributed by atoms with van der Waals surface area (Å²) in [6.45, 7) is 6.15. The van der Waals surface area contributed by atoms with Crippen LogP contribution in [0.15, 0.2) is 12.1 Å². The van der Waals surface area contributed by atoms with Gasteiger partial charge in [-0.05, 0) is 58.2 Å². The molecule has 29 heavy (non-hydrogen) atoms. The van der Waals surface area contributed by atoms with Crippen molar-refractivity contribution in [3.63, 3.8) is 0 Å². The third-order valence-electron chi connectivity index (χ3n) is 5.59.